The molecule has 0 bridgehead atoms. The van der Waals surface area contributed by atoms with Gasteiger partial charge in [-0.25, -0.2) is 9.50 Å². The molecule has 0 saturated carbocycles. The van der Waals surface area contributed by atoms with Crippen LogP contribution in [0.4, 0.5) is 4.39 Å². The second-order valence-corrected chi connectivity index (χ2v) is 4.92. The molecule has 0 fully saturated rings. The van der Waals surface area contributed by atoms with E-state index in [4.69, 9.17) is 0 Å². The fourth-order valence-electron chi connectivity index (χ4n) is 2.53. The zero-order valence-electron chi connectivity index (χ0n) is 9.29. The van der Waals surface area contributed by atoms with Crippen molar-refractivity contribution in [2.75, 3.05) is 0 Å². The number of fused-ring (bicyclic) bond motifs is 3. The highest BCUT2D eigenvalue weighted by molar-refractivity contribution is 5.73. The molecule has 0 atom stereocenters. The number of allylic oxidation sites excluding steroid dienone is 1. The average molecular weight is 217 g/mol. The molecule has 82 valence electrons. The summed E-state index contributed by atoms with van der Waals surface area (Å²) in [4.78, 5) is 4.19. The third-order valence-electron chi connectivity index (χ3n) is 3.13. The lowest BCUT2D eigenvalue weighted by Gasteiger charge is -2.18. The number of rotatable bonds is 0. The highest BCUT2D eigenvalue weighted by Gasteiger charge is 2.35. The van der Waals surface area contributed by atoms with Crippen molar-refractivity contribution >= 4 is 11.2 Å². The Morgan fingerprint density at radius 1 is 1.50 bits per heavy atom. The molecule has 4 heteroatoms. The Kier molecular flexibility index (Phi) is 1.60. The van der Waals surface area contributed by atoms with Gasteiger partial charge in [0.25, 0.3) is 0 Å². The van der Waals surface area contributed by atoms with Gasteiger partial charge in [-0.15, -0.1) is 5.10 Å². The van der Waals surface area contributed by atoms with Crippen LogP contribution in [0.1, 0.15) is 31.5 Å². The molecular weight excluding hydrogens is 205 g/mol. The first-order chi connectivity index (χ1) is 7.49. The monoisotopic (exact) mass is 217 g/mol. The van der Waals surface area contributed by atoms with Gasteiger partial charge < -0.3 is 0 Å². The minimum atomic E-state index is -0.491. The van der Waals surface area contributed by atoms with Gasteiger partial charge in [0.15, 0.2) is 5.65 Å². The standard InChI is InChI=1S/C12H12FN3/c1-7-5-12(2,3)11-8(7)6-14-10-4-9(13)15-16(10)11/h4,6H,1,5H2,2-3H3. The number of hydrogen-bond acceptors (Lipinski definition) is 2. The molecule has 16 heavy (non-hydrogen) atoms. The van der Waals surface area contributed by atoms with Crippen molar-refractivity contribution in [3.05, 3.63) is 36.0 Å². The number of hydrogen-bond donors (Lipinski definition) is 0. The van der Waals surface area contributed by atoms with E-state index in [2.05, 4.69) is 30.5 Å². The third-order valence-corrected chi connectivity index (χ3v) is 3.13. The first kappa shape index (κ1) is 9.51. The largest absolute Gasteiger partial charge is 0.236 e. The van der Waals surface area contributed by atoms with E-state index in [-0.39, 0.29) is 5.41 Å². The van der Waals surface area contributed by atoms with E-state index < -0.39 is 5.95 Å². The molecule has 2 aromatic heterocycles. The highest BCUT2D eigenvalue weighted by Crippen LogP contribution is 2.43. The van der Waals surface area contributed by atoms with Gasteiger partial charge in [-0.05, 0) is 12.0 Å². The van der Waals surface area contributed by atoms with Crippen molar-refractivity contribution in [3.8, 4) is 0 Å². The van der Waals surface area contributed by atoms with Crippen molar-refractivity contribution in [2.45, 2.75) is 25.7 Å². The predicted octanol–water partition coefficient (Wildman–Crippen LogP) is 2.56. The first-order valence-corrected chi connectivity index (χ1v) is 5.22. The van der Waals surface area contributed by atoms with Crippen LogP contribution in [0.25, 0.3) is 11.2 Å². The SMILES string of the molecule is C=C1CC(C)(C)c2c1cnc1cc(F)nn21. The molecule has 0 aliphatic heterocycles. The Morgan fingerprint density at radius 3 is 3.00 bits per heavy atom. The molecule has 0 unspecified atom stereocenters. The topological polar surface area (TPSA) is 30.2 Å². The molecule has 0 spiro atoms. The zero-order valence-corrected chi connectivity index (χ0v) is 9.29. The van der Waals surface area contributed by atoms with E-state index in [9.17, 15) is 4.39 Å². The van der Waals surface area contributed by atoms with E-state index in [1.807, 2.05) is 0 Å². The van der Waals surface area contributed by atoms with E-state index in [1.165, 1.54) is 6.07 Å². The van der Waals surface area contributed by atoms with Crippen molar-refractivity contribution in [1.29, 1.82) is 0 Å². The maximum Gasteiger partial charge on any atom is 0.235 e. The van der Waals surface area contributed by atoms with Gasteiger partial charge >= 0.3 is 0 Å². The summed E-state index contributed by atoms with van der Waals surface area (Å²) in [6.45, 7) is 8.26. The minimum Gasteiger partial charge on any atom is -0.236 e. The van der Waals surface area contributed by atoms with Crippen molar-refractivity contribution in [3.63, 3.8) is 0 Å². The molecule has 0 N–H and O–H groups in total. The van der Waals surface area contributed by atoms with Gasteiger partial charge in [0, 0.05) is 23.2 Å². The summed E-state index contributed by atoms with van der Waals surface area (Å²) < 4.78 is 14.7. The zero-order chi connectivity index (χ0) is 11.5. The second kappa shape index (κ2) is 2.70. The minimum absolute atomic E-state index is 0.0634. The van der Waals surface area contributed by atoms with E-state index in [0.717, 1.165) is 23.3 Å². The van der Waals surface area contributed by atoms with Crippen molar-refractivity contribution in [2.24, 2.45) is 0 Å². The molecule has 0 aromatic carbocycles. The molecular formula is C12H12FN3. The summed E-state index contributed by atoms with van der Waals surface area (Å²) in [6.07, 6.45) is 2.63. The van der Waals surface area contributed by atoms with Crippen LogP contribution in [0.15, 0.2) is 18.8 Å². The van der Waals surface area contributed by atoms with Crippen LogP contribution in [-0.2, 0) is 5.41 Å². The lowest BCUT2D eigenvalue weighted by molar-refractivity contribution is 0.512. The van der Waals surface area contributed by atoms with Crippen LogP contribution in [0, 0.1) is 5.95 Å². The lowest BCUT2D eigenvalue weighted by atomic mass is 9.90. The normalized spacial score (nSPS) is 18.1. The summed E-state index contributed by atoms with van der Waals surface area (Å²) in [7, 11) is 0. The summed E-state index contributed by atoms with van der Waals surface area (Å²) in [5.41, 5.74) is 3.54. The van der Waals surface area contributed by atoms with E-state index >= 15 is 0 Å². The van der Waals surface area contributed by atoms with E-state index in [0.29, 0.717) is 5.65 Å². The Balaban J connectivity index is 2.46. The van der Waals surface area contributed by atoms with Crippen molar-refractivity contribution in [1.82, 2.24) is 14.6 Å². The molecule has 0 radical (unpaired) electrons. The Morgan fingerprint density at radius 2 is 2.25 bits per heavy atom. The van der Waals surface area contributed by atoms with Crippen LogP contribution in [0.5, 0.6) is 0 Å². The Labute approximate surface area is 92.6 Å². The second-order valence-electron chi connectivity index (χ2n) is 4.92. The van der Waals surface area contributed by atoms with Crippen LogP contribution in [0.3, 0.4) is 0 Å². The quantitative estimate of drug-likeness (QED) is 0.679. The summed E-state index contributed by atoms with van der Waals surface area (Å²) in [5, 5.41) is 3.86. The van der Waals surface area contributed by atoms with E-state index in [1.54, 1.807) is 10.7 Å². The average Bonchev–Trinajstić information content (AvgIpc) is 2.63. The summed E-state index contributed by atoms with van der Waals surface area (Å²) in [5.74, 6) is -0.491. The van der Waals surface area contributed by atoms with Gasteiger partial charge in [-0.2, -0.15) is 4.39 Å². The number of nitrogens with zero attached hydrogens (tertiary/aromatic N) is 3. The molecule has 3 rings (SSSR count). The molecule has 3 nitrogen and oxygen atoms in total. The van der Waals surface area contributed by atoms with Crippen LogP contribution in [-0.4, -0.2) is 14.6 Å². The van der Waals surface area contributed by atoms with Gasteiger partial charge in [-0.3, -0.25) is 0 Å². The summed E-state index contributed by atoms with van der Waals surface area (Å²) >= 11 is 0. The smallest absolute Gasteiger partial charge is 0.235 e. The maximum absolute atomic E-state index is 13.1. The Bertz CT molecular complexity index is 610. The first-order valence-electron chi connectivity index (χ1n) is 5.22. The maximum atomic E-state index is 13.1. The van der Waals surface area contributed by atoms with Gasteiger partial charge in [0.05, 0.1) is 5.69 Å². The van der Waals surface area contributed by atoms with Crippen LogP contribution < -0.4 is 0 Å². The van der Waals surface area contributed by atoms with Crippen LogP contribution in [0.2, 0.25) is 0 Å². The molecule has 0 saturated heterocycles. The third kappa shape index (κ3) is 1.07. The fourth-order valence-corrected chi connectivity index (χ4v) is 2.53. The molecule has 1 aliphatic rings. The van der Waals surface area contributed by atoms with Gasteiger partial charge in [0.2, 0.25) is 5.95 Å². The number of aromatic nitrogens is 3. The fraction of sp³-hybridized carbons (Fsp3) is 0.333. The molecule has 0 amide bonds. The predicted molar refractivity (Wildman–Crippen MR) is 59.6 cm³/mol. The van der Waals surface area contributed by atoms with Crippen LogP contribution >= 0.6 is 0 Å². The highest BCUT2D eigenvalue weighted by atomic mass is 19.1. The number of halogens is 1. The molecule has 1 aliphatic carbocycles. The van der Waals surface area contributed by atoms with Gasteiger partial charge in [0.1, 0.15) is 0 Å². The Hall–Kier alpha value is -1.71. The molecule has 2 aromatic rings. The lowest BCUT2D eigenvalue weighted by Crippen LogP contribution is -2.17. The molecule has 2 heterocycles. The van der Waals surface area contributed by atoms with Gasteiger partial charge in [-0.1, -0.05) is 20.4 Å². The van der Waals surface area contributed by atoms with Crippen molar-refractivity contribution < 1.29 is 4.39 Å². The summed E-state index contributed by atoms with van der Waals surface area (Å²) in [6, 6.07) is 1.34.